The zero-order chi connectivity index (χ0) is 22.0. The van der Waals surface area contributed by atoms with Crippen molar-refractivity contribution < 1.29 is 13.9 Å². The number of thiocarbonyl (C=S) groups is 1. The second-order valence-corrected chi connectivity index (χ2v) is 8.12. The number of rotatable bonds is 6. The summed E-state index contributed by atoms with van der Waals surface area (Å²) in [4.78, 5) is 18.5. The average molecular weight is 476 g/mol. The lowest BCUT2D eigenvalue weighted by atomic mass is 10.0. The van der Waals surface area contributed by atoms with Crippen LogP contribution in [0.4, 0.5) is 0 Å². The standard InChI is InChI=1S/C22H19Cl2N3O3S/c1-2-29-19(28)12-27-21(20(26-22(27)31)16-5-3-4-10-25-16)18-9-8-17(30-18)14-7-6-13(23)11-15(14)24/h3-11,20-21H,2,12H2,1H3,(H,26,31). The Hall–Kier alpha value is -2.61. The van der Waals surface area contributed by atoms with Crippen LogP contribution in [0.1, 0.15) is 30.5 Å². The van der Waals surface area contributed by atoms with Gasteiger partial charge in [-0.1, -0.05) is 29.3 Å². The smallest absolute Gasteiger partial charge is 0.325 e. The summed E-state index contributed by atoms with van der Waals surface area (Å²) < 4.78 is 11.3. The number of benzene rings is 1. The predicted molar refractivity (Wildman–Crippen MR) is 123 cm³/mol. The first kappa shape index (κ1) is 21.6. The number of nitrogens with zero attached hydrogens (tertiary/aromatic N) is 2. The van der Waals surface area contributed by atoms with Gasteiger partial charge in [0.1, 0.15) is 24.1 Å². The lowest BCUT2D eigenvalue weighted by Gasteiger charge is -2.25. The number of esters is 1. The molecular weight excluding hydrogens is 457 g/mol. The number of halogens is 2. The molecule has 3 heterocycles. The van der Waals surface area contributed by atoms with Crippen LogP contribution in [0.15, 0.2) is 59.1 Å². The van der Waals surface area contributed by atoms with Crippen LogP contribution in [0.5, 0.6) is 0 Å². The summed E-state index contributed by atoms with van der Waals surface area (Å²) >= 11 is 17.9. The van der Waals surface area contributed by atoms with Crippen LogP contribution in [0.3, 0.4) is 0 Å². The molecule has 1 fully saturated rings. The van der Waals surface area contributed by atoms with Crippen molar-refractivity contribution in [1.29, 1.82) is 0 Å². The minimum Gasteiger partial charge on any atom is -0.465 e. The van der Waals surface area contributed by atoms with Crippen LogP contribution < -0.4 is 5.32 Å². The highest BCUT2D eigenvalue weighted by molar-refractivity contribution is 7.80. The first-order valence-electron chi connectivity index (χ1n) is 9.66. The quantitative estimate of drug-likeness (QED) is 0.388. The van der Waals surface area contributed by atoms with Gasteiger partial charge >= 0.3 is 5.97 Å². The van der Waals surface area contributed by atoms with Crippen molar-refractivity contribution >= 4 is 46.5 Å². The molecule has 1 aliphatic rings. The van der Waals surface area contributed by atoms with Crippen LogP contribution in [0, 0.1) is 0 Å². The van der Waals surface area contributed by atoms with Crippen molar-refractivity contribution in [2.75, 3.05) is 13.2 Å². The zero-order valence-corrected chi connectivity index (χ0v) is 18.9. The Morgan fingerprint density at radius 3 is 2.81 bits per heavy atom. The van der Waals surface area contributed by atoms with Crippen LogP contribution in [0.25, 0.3) is 11.3 Å². The van der Waals surface area contributed by atoms with Gasteiger partial charge in [-0.25, -0.2) is 0 Å². The van der Waals surface area contributed by atoms with Gasteiger partial charge in [-0.05, 0) is 61.6 Å². The largest absolute Gasteiger partial charge is 0.465 e. The molecule has 0 aliphatic carbocycles. The highest BCUT2D eigenvalue weighted by Crippen LogP contribution is 2.41. The molecule has 1 aromatic carbocycles. The summed E-state index contributed by atoms with van der Waals surface area (Å²) in [5.41, 5.74) is 1.50. The lowest BCUT2D eigenvalue weighted by Crippen LogP contribution is -2.35. The van der Waals surface area contributed by atoms with Gasteiger partial charge in [0.25, 0.3) is 0 Å². The van der Waals surface area contributed by atoms with E-state index in [2.05, 4.69) is 10.3 Å². The van der Waals surface area contributed by atoms with Crippen molar-refractivity contribution in [1.82, 2.24) is 15.2 Å². The molecule has 6 nitrogen and oxygen atoms in total. The third-order valence-electron chi connectivity index (χ3n) is 4.92. The minimum atomic E-state index is -0.397. The first-order chi connectivity index (χ1) is 15.0. The average Bonchev–Trinajstić information content (AvgIpc) is 3.34. The Morgan fingerprint density at radius 1 is 1.26 bits per heavy atom. The van der Waals surface area contributed by atoms with Crippen LogP contribution in [-0.4, -0.2) is 34.1 Å². The molecule has 2 unspecified atom stereocenters. The van der Waals surface area contributed by atoms with E-state index < -0.39 is 6.04 Å². The summed E-state index contributed by atoms with van der Waals surface area (Å²) in [5, 5.41) is 4.72. The van der Waals surface area contributed by atoms with E-state index in [-0.39, 0.29) is 18.6 Å². The molecule has 0 saturated carbocycles. The number of furan rings is 1. The number of aromatic nitrogens is 1. The first-order valence-corrected chi connectivity index (χ1v) is 10.8. The summed E-state index contributed by atoms with van der Waals surface area (Å²) in [7, 11) is 0. The predicted octanol–water partition coefficient (Wildman–Crippen LogP) is 5.18. The molecule has 2 atom stereocenters. The molecule has 1 aliphatic heterocycles. The summed E-state index contributed by atoms with van der Waals surface area (Å²) in [5.74, 6) is 0.838. The highest BCUT2D eigenvalue weighted by atomic mass is 35.5. The summed E-state index contributed by atoms with van der Waals surface area (Å²) in [6.07, 6.45) is 1.71. The third-order valence-corrected chi connectivity index (χ3v) is 5.82. The molecule has 3 aromatic rings. The lowest BCUT2D eigenvalue weighted by molar-refractivity contribution is -0.143. The van der Waals surface area contributed by atoms with Gasteiger partial charge in [-0.15, -0.1) is 0 Å². The number of hydrogen-bond acceptors (Lipinski definition) is 5. The van der Waals surface area contributed by atoms with E-state index in [1.807, 2.05) is 30.3 Å². The monoisotopic (exact) mass is 475 g/mol. The fourth-order valence-corrected chi connectivity index (χ4v) is 4.38. The molecule has 1 saturated heterocycles. The van der Waals surface area contributed by atoms with Crippen LogP contribution in [0.2, 0.25) is 10.0 Å². The van der Waals surface area contributed by atoms with Crippen molar-refractivity contribution in [3.05, 3.63) is 76.2 Å². The van der Waals surface area contributed by atoms with Gasteiger partial charge in [-0.3, -0.25) is 9.78 Å². The maximum atomic E-state index is 12.2. The Balaban J connectivity index is 1.72. The minimum absolute atomic E-state index is 0.00852. The Bertz CT molecular complexity index is 1110. The van der Waals surface area contributed by atoms with E-state index in [9.17, 15) is 4.79 Å². The van der Waals surface area contributed by atoms with Crippen molar-refractivity contribution in [3.63, 3.8) is 0 Å². The fraction of sp³-hybridized carbons (Fsp3) is 0.227. The van der Waals surface area contributed by atoms with E-state index in [4.69, 9.17) is 44.6 Å². The molecular formula is C22H19Cl2N3O3S. The SMILES string of the molecule is CCOC(=O)CN1C(=S)NC(c2ccccn2)C1c1ccc(-c2ccc(Cl)cc2Cl)o1. The van der Waals surface area contributed by atoms with E-state index in [0.29, 0.717) is 33.3 Å². The third kappa shape index (κ3) is 4.54. The summed E-state index contributed by atoms with van der Waals surface area (Å²) in [6.45, 7) is 2.05. The van der Waals surface area contributed by atoms with Gasteiger partial charge in [0.05, 0.1) is 23.4 Å². The number of carbonyl (C=O) groups is 1. The van der Waals surface area contributed by atoms with Gasteiger partial charge in [0.2, 0.25) is 0 Å². The molecule has 31 heavy (non-hydrogen) atoms. The normalized spacial score (nSPS) is 18.2. The molecule has 2 aromatic heterocycles. The molecule has 1 N–H and O–H groups in total. The van der Waals surface area contributed by atoms with Crippen molar-refractivity contribution in [2.45, 2.75) is 19.0 Å². The number of carbonyl (C=O) groups excluding carboxylic acids is 1. The number of nitrogens with one attached hydrogen (secondary N) is 1. The maximum Gasteiger partial charge on any atom is 0.325 e. The zero-order valence-electron chi connectivity index (χ0n) is 16.5. The van der Waals surface area contributed by atoms with E-state index >= 15 is 0 Å². The Kier molecular flexibility index (Phi) is 6.46. The number of pyridine rings is 1. The van der Waals surface area contributed by atoms with Crippen LogP contribution >= 0.6 is 35.4 Å². The molecule has 4 rings (SSSR count). The maximum absolute atomic E-state index is 12.2. The number of hydrogen-bond donors (Lipinski definition) is 1. The van der Waals surface area contributed by atoms with Crippen LogP contribution in [-0.2, 0) is 9.53 Å². The van der Waals surface area contributed by atoms with Gasteiger partial charge in [0.15, 0.2) is 5.11 Å². The van der Waals surface area contributed by atoms with Gasteiger partial charge < -0.3 is 19.4 Å². The molecule has 9 heteroatoms. The molecule has 0 radical (unpaired) electrons. The highest BCUT2D eigenvalue weighted by Gasteiger charge is 2.42. The van der Waals surface area contributed by atoms with Gasteiger partial charge in [0, 0.05) is 16.8 Å². The van der Waals surface area contributed by atoms with Crippen molar-refractivity contribution in [3.8, 4) is 11.3 Å². The second-order valence-electron chi connectivity index (χ2n) is 6.89. The number of ether oxygens (including phenoxy) is 1. The summed E-state index contributed by atoms with van der Waals surface area (Å²) in [6, 6.07) is 13.9. The second kappa shape index (κ2) is 9.26. The van der Waals surface area contributed by atoms with Crippen molar-refractivity contribution in [2.24, 2.45) is 0 Å². The molecule has 160 valence electrons. The van der Waals surface area contributed by atoms with E-state index in [0.717, 1.165) is 11.3 Å². The molecule has 0 amide bonds. The topological polar surface area (TPSA) is 67.6 Å². The van der Waals surface area contributed by atoms with E-state index in [1.165, 1.54) is 0 Å². The Morgan fingerprint density at radius 2 is 2.10 bits per heavy atom. The fourth-order valence-electron chi connectivity index (χ4n) is 3.58. The van der Waals surface area contributed by atoms with E-state index in [1.54, 1.807) is 36.2 Å². The molecule has 0 spiro atoms. The van der Waals surface area contributed by atoms with Gasteiger partial charge in [-0.2, -0.15) is 0 Å². The molecule has 0 bridgehead atoms. The Labute approximate surface area is 195 Å².